The molecular weight excluding hydrogens is 278 g/mol. The van der Waals surface area contributed by atoms with Gasteiger partial charge in [-0.25, -0.2) is 0 Å². The van der Waals surface area contributed by atoms with Crippen molar-refractivity contribution in [2.75, 3.05) is 26.2 Å². The monoisotopic (exact) mass is 295 g/mol. The fourth-order valence-electron chi connectivity index (χ4n) is 2.15. The first kappa shape index (κ1) is 14.8. The van der Waals surface area contributed by atoms with Gasteiger partial charge in [-0.15, -0.1) is 0 Å². The van der Waals surface area contributed by atoms with E-state index in [-0.39, 0.29) is 30.9 Å². The summed E-state index contributed by atoms with van der Waals surface area (Å²) < 4.78 is 0. The van der Waals surface area contributed by atoms with Crippen molar-refractivity contribution < 1.29 is 9.59 Å². The van der Waals surface area contributed by atoms with E-state index in [0.29, 0.717) is 18.1 Å². The van der Waals surface area contributed by atoms with Crippen LogP contribution in [0.5, 0.6) is 0 Å². The summed E-state index contributed by atoms with van der Waals surface area (Å²) in [5, 5.41) is 6.33. The van der Waals surface area contributed by atoms with Gasteiger partial charge in [-0.1, -0.05) is 23.7 Å². The number of nitrogens with one attached hydrogen (secondary N) is 2. The predicted molar refractivity (Wildman–Crippen MR) is 77.5 cm³/mol. The van der Waals surface area contributed by atoms with Gasteiger partial charge in [0.25, 0.3) is 0 Å². The molecule has 0 aliphatic carbocycles. The van der Waals surface area contributed by atoms with Gasteiger partial charge in [-0.05, 0) is 24.6 Å². The molecule has 1 heterocycles. The lowest BCUT2D eigenvalue weighted by molar-refractivity contribution is -0.127. The van der Waals surface area contributed by atoms with Crippen LogP contribution in [0.3, 0.4) is 0 Å². The first-order chi connectivity index (χ1) is 9.54. The van der Waals surface area contributed by atoms with Gasteiger partial charge < -0.3 is 10.6 Å². The molecule has 0 aromatic heterocycles. The molecule has 1 aliphatic heterocycles. The third-order valence-electron chi connectivity index (χ3n) is 3.23. The summed E-state index contributed by atoms with van der Waals surface area (Å²) >= 11 is 5.83. The number of halogens is 1. The molecule has 1 atom stereocenters. The highest BCUT2D eigenvalue weighted by Crippen LogP contribution is 2.15. The van der Waals surface area contributed by atoms with Crippen LogP contribution in [-0.2, 0) is 9.59 Å². The lowest BCUT2D eigenvalue weighted by atomic mass is 10.1. The second-order valence-corrected chi connectivity index (χ2v) is 5.34. The van der Waals surface area contributed by atoms with Crippen LogP contribution >= 0.6 is 11.6 Å². The highest BCUT2D eigenvalue weighted by atomic mass is 35.5. The average Bonchev–Trinajstić information content (AvgIpc) is 2.39. The SMILES string of the molecule is C[C@H](NC(=O)CN1CCNC(=O)C1)c1ccc(Cl)cc1. The Morgan fingerprint density at radius 2 is 2.15 bits per heavy atom. The number of hydrogen-bond acceptors (Lipinski definition) is 3. The summed E-state index contributed by atoms with van der Waals surface area (Å²) in [5.41, 5.74) is 0.999. The lowest BCUT2D eigenvalue weighted by Crippen LogP contribution is -2.50. The van der Waals surface area contributed by atoms with E-state index in [2.05, 4.69) is 10.6 Å². The summed E-state index contributed by atoms with van der Waals surface area (Å²) in [6.45, 7) is 3.74. The lowest BCUT2D eigenvalue weighted by Gasteiger charge is -2.26. The van der Waals surface area contributed by atoms with Crippen LogP contribution in [0.2, 0.25) is 5.02 Å². The molecule has 0 unspecified atom stereocenters. The molecule has 1 aromatic rings. The maximum Gasteiger partial charge on any atom is 0.234 e. The molecular formula is C14H18ClN3O2. The average molecular weight is 296 g/mol. The quantitative estimate of drug-likeness (QED) is 0.869. The highest BCUT2D eigenvalue weighted by Gasteiger charge is 2.19. The molecule has 1 fully saturated rings. The zero-order valence-electron chi connectivity index (χ0n) is 11.4. The van der Waals surface area contributed by atoms with Crippen LogP contribution in [0.15, 0.2) is 24.3 Å². The van der Waals surface area contributed by atoms with E-state index in [9.17, 15) is 9.59 Å². The van der Waals surface area contributed by atoms with Gasteiger partial charge in [-0.3, -0.25) is 14.5 Å². The molecule has 0 radical (unpaired) electrons. The zero-order valence-corrected chi connectivity index (χ0v) is 12.1. The van der Waals surface area contributed by atoms with Crippen molar-refractivity contribution in [2.45, 2.75) is 13.0 Å². The van der Waals surface area contributed by atoms with Crippen LogP contribution < -0.4 is 10.6 Å². The number of nitrogens with zero attached hydrogens (tertiary/aromatic N) is 1. The second kappa shape index (κ2) is 6.72. The van der Waals surface area contributed by atoms with Gasteiger partial charge in [0, 0.05) is 18.1 Å². The van der Waals surface area contributed by atoms with Crippen molar-refractivity contribution in [2.24, 2.45) is 0 Å². The van der Waals surface area contributed by atoms with E-state index < -0.39 is 0 Å². The number of carbonyl (C=O) groups excluding carboxylic acids is 2. The fourth-order valence-corrected chi connectivity index (χ4v) is 2.28. The maximum atomic E-state index is 12.0. The summed E-state index contributed by atoms with van der Waals surface area (Å²) in [6.07, 6.45) is 0. The number of piperazine rings is 1. The Kier molecular flexibility index (Phi) is 4.98. The normalized spacial score (nSPS) is 17.4. The van der Waals surface area contributed by atoms with E-state index in [4.69, 9.17) is 11.6 Å². The molecule has 0 saturated carbocycles. The van der Waals surface area contributed by atoms with Crippen molar-refractivity contribution >= 4 is 23.4 Å². The third kappa shape index (κ3) is 4.21. The summed E-state index contributed by atoms with van der Waals surface area (Å²) in [5.74, 6) is -0.114. The molecule has 1 aromatic carbocycles. The van der Waals surface area contributed by atoms with Crippen molar-refractivity contribution in [1.82, 2.24) is 15.5 Å². The van der Waals surface area contributed by atoms with E-state index in [1.807, 2.05) is 24.0 Å². The Morgan fingerprint density at radius 1 is 1.45 bits per heavy atom. The first-order valence-electron chi connectivity index (χ1n) is 6.58. The molecule has 2 amide bonds. The van der Waals surface area contributed by atoms with Crippen LogP contribution in [-0.4, -0.2) is 42.9 Å². The Balaban J connectivity index is 1.84. The van der Waals surface area contributed by atoms with E-state index >= 15 is 0 Å². The summed E-state index contributed by atoms with van der Waals surface area (Å²) in [7, 11) is 0. The zero-order chi connectivity index (χ0) is 14.5. The van der Waals surface area contributed by atoms with Gasteiger partial charge in [0.1, 0.15) is 0 Å². The third-order valence-corrected chi connectivity index (χ3v) is 3.48. The summed E-state index contributed by atoms with van der Waals surface area (Å²) in [4.78, 5) is 25.0. The van der Waals surface area contributed by atoms with Crippen LogP contribution in [0.4, 0.5) is 0 Å². The molecule has 2 N–H and O–H groups in total. The highest BCUT2D eigenvalue weighted by molar-refractivity contribution is 6.30. The predicted octanol–water partition coefficient (Wildman–Crippen LogP) is 0.949. The minimum Gasteiger partial charge on any atom is -0.354 e. The smallest absolute Gasteiger partial charge is 0.234 e. The molecule has 1 aliphatic rings. The largest absolute Gasteiger partial charge is 0.354 e. The van der Waals surface area contributed by atoms with Gasteiger partial charge in [-0.2, -0.15) is 0 Å². The molecule has 20 heavy (non-hydrogen) atoms. The Hall–Kier alpha value is -1.59. The molecule has 0 bridgehead atoms. The number of amides is 2. The molecule has 2 rings (SSSR count). The molecule has 6 heteroatoms. The van der Waals surface area contributed by atoms with Gasteiger partial charge in [0.05, 0.1) is 19.1 Å². The van der Waals surface area contributed by atoms with Crippen LogP contribution in [0, 0.1) is 0 Å². The van der Waals surface area contributed by atoms with Crippen molar-refractivity contribution in [3.8, 4) is 0 Å². The molecule has 1 saturated heterocycles. The Morgan fingerprint density at radius 3 is 2.80 bits per heavy atom. The molecule has 0 spiro atoms. The van der Waals surface area contributed by atoms with E-state index in [0.717, 1.165) is 5.56 Å². The van der Waals surface area contributed by atoms with E-state index in [1.165, 1.54) is 0 Å². The van der Waals surface area contributed by atoms with Crippen molar-refractivity contribution in [3.63, 3.8) is 0 Å². The van der Waals surface area contributed by atoms with Gasteiger partial charge in [0.15, 0.2) is 0 Å². The van der Waals surface area contributed by atoms with Crippen LogP contribution in [0.25, 0.3) is 0 Å². The fraction of sp³-hybridized carbons (Fsp3) is 0.429. The molecule has 108 valence electrons. The first-order valence-corrected chi connectivity index (χ1v) is 6.96. The topological polar surface area (TPSA) is 61.4 Å². The maximum absolute atomic E-state index is 12.0. The van der Waals surface area contributed by atoms with Gasteiger partial charge >= 0.3 is 0 Å². The Bertz CT molecular complexity index is 490. The summed E-state index contributed by atoms with van der Waals surface area (Å²) in [6, 6.07) is 7.30. The van der Waals surface area contributed by atoms with E-state index in [1.54, 1.807) is 12.1 Å². The Labute approximate surface area is 123 Å². The van der Waals surface area contributed by atoms with Gasteiger partial charge in [0.2, 0.25) is 11.8 Å². The standard InChI is InChI=1S/C14H18ClN3O2/c1-10(11-2-4-12(15)5-3-11)17-14(20)9-18-7-6-16-13(19)8-18/h2-5,10H,6-9H2,1H3,(H,16,19)(H,17,20)/t10-/m0/s1. The number of rotatable bonds is 4. The number of carbonyl (C=O) groups is 2. The number of benzene rings is 1. The second-order valence-electron chi connectivity index (χ2n) is 4.90. The van der Waals surface area contributed by atoms with Crippen LogP contribution in [0.1, 0.15) is 18.5 Å². The van der Waals surface area contributed by atoms with Crippen molar-refractivity contribution in [1.29, 1.82) is 0 Å². The number of hydrogen-bond donors (Lipinski definition) is 2. The minimum absolute atomic E-state index is 0.0326. The van der Waals surface area contributed by atoms with Crippen molar-refractivity contribution in [3.05, 3.63) is 34.9 Å². The molecule has 5 nitrogen and oxygen atoms in total. The minimum atomic E-state index is -0.0848.